The van der Waals surface area contributed by atoms with Crippen molar-refractivity contribution in [2.75, 3.05) is 0 Å². The fourth-order valence-corrected chi connectivity index (χ4v) is 5.75. The monoisotopic (exact) mass is 467 g/mol. The Bertz CT molecular complexity index is 1500. The van der Waals surface area contributed by atoms with Crippen molar-refractivity contribution in [2.45, 2.75) is 44.4 Å². The Kier molecular flexibility index (Phi) is 5.56. The number of pyridine rings is 1. The molecule has 2 heterocycles. The number of fused-ring (bicyclic) bond motifs is 2. The van der Waals surface area contributed by atoms with Crippen LogP contribution in [0.25, 0.3) is 33.1 Å². The van der Waals surface area contributed by atoms with Crippen molar-refractivity contribution >= 4 is 21.9 Å². The maximum Gasteiger partial charge on any atom is 0.133 e. The van der Waals surface area contributed by atoms with Gasteiger partial charge in [0.2, 0.25) is 0 Å². The van der Waals surface area contributed by atoms with Gasteiger partial charge in [-0.3, -0.25) is 4.98 Å². The van der Waals surface area contributed by atoms with Gasteiger partial charge in [-0.2, -0.15) is 0 Å². The minimum atomic E-state index is -0.243. The Hall–Kier alpha value is -3.60. The van der Waals surface area contributed by atoms with Crippen LogP contribution < -0.4 is 0 Å². The van der Waals surface area contributed by atoms with Gasteiger partial charge in [-0.05, 0) is 79.0 Å². The van der Waals surface area contributed by atoms with Gasteiger partial charge < -0.3 is 4.98 Å². The number of imidazole rings is 1. The van der Waals surface area contributed by atoms with E-state index in [1.807, 2.05) is 48.7 Å². The van der Waals surface area contributed by atoms with E-state index in [0.29, 0.717) is 17.4 Å². The summed E-state index contributed by atoms with van der Waals surface area (Å²) in [5.74, 6) is 1.61. The minimum Gasteiger partial charge on any atom is -0.342 e. The largest absolute Gasteiger partial charge is 0.342 e. The summed E-state index contributed by atoms with van der Waals surface area (Å²) in [6, 6.07) is 19.9. The van der Waals surface area contributed by atoms with Crippen LogP contribution in [0.5, 0.6) is 0 Å². The first-order valence-electron chi connectivity index (χ1n) is 12.4. The summed E-state index contributed by atoms with van der Waals surface area (Å²) >= 11 is 0. The number of nitrogens with one attached hydrogen (secondary N) is 1. The van der Waals surface area contributed by atoms with Crippen molar-refractivity contribution in [1.29, 1.82) is 0 Å². The van der Waals surface area contributed by atoms with E-state index >= 15 is 0 Å². The average molecular weight is 468 g/mol. The van der Waals surface area contributed by atoms with Crippen LogP contribution in [0.3, 0.4) is 0 Å². The smallest absolute Gasteiger partial charge is 0.133 e. The third-order valence-electron chi connectivity index (χ3n) is 7.76. The molecule has 3 nitrogen and oxygen atoms in total. The lowest BCUT2D eigenvalue weighted by molar-refractivity contribution is 0.286. The van der Waals surface area contributed by atoms with E-state index < -0.39 is 0 Å². The lowest BCUT2D eigenvalue weighted by Crippen LogP contribution is -2.19. The van der Waals surface area contributed by atoms with Gasteiger partial charge in [-0.1, -0.05) is 37.3 Å². The van der Waals surface area contributed by atoms with Crippen LogP contribution in [0, 0.1) is 17.6 Å². The van der Waals surface area contributed by atoms with Gasteiger partial charge in [0.05, 0.1) is 16.6 Å². The molecule has 176 valence electrons. The zero-order chi connectivity index (χ0) is 23.9. The number of aromatic nitrogens is 3. The standard InChI is InChI=1S/C30H27F2N3/c1-18(30-34-28-16-24(20-5-3-2-4-6-20)26(32)17-29(28)35-30)19-7-9-21(10-8-19)23-13-14-33-27-12-11-22(31)15-25(23)27/h2-6,11-19,21H,7-10H2,1H3,(H,34,35)/t18?,19-,21+. The number of benzene rings is 3. The Labute approximate surface area is 203 Å². The zero-order valence-corrected chi connectivity index (χ0v) is 19.6. The number of hydrogen-bond donors (Lipinski definition) is 1. The van der Waals surface area contributed by atoms with Crippen LogP contribution in [0.1, 0.15) is 55.8 Å². The van der Waals surface area contributed by atoms with Gasteiger partial charge >= 0.3 is 0 Å². The molecular formula is C30H27F2N3. The molecule has 1 aliphatic carbocycles. The van der Waals surface area contributed by atoms with E-state index in [2.05, 4.69) is 16.9 Å². The number of hydrogen-bond acceptors (Lipinski definition) is 2. The Balaban J connectivity index is 1.21. The maximum atomic E-state index is 14.8. The molecule has 1 fully saturated rings. The predicted molar refractivity (Wildman–Crippen MR) is 136 cm³/mol. The summed E-state index contributed by atoms with van der Waals surface area (Å²) in [5, 5.41) is 0.928. The Morgan fingerprint density at radius 1 is 0.886 bits per heavy atom. The first kappa shape index (κ1) is 21.9. The topological polar surface area (TPSA) is 41.6 Å². The van der Waals surface area contributed by atoms with E-state index in [1.54, 1.807) is 18.2 Å². The molecule has 0 spiro atoms. The molecule has 1 unspecified atom stereocenters. The number of aromatic amines is 1. The molecule has 0 saturated heterocycles. The maximum absolute atomic E-state index is 14.8. The van der Waals surface area contributed by atoms with Crippen LogP contribution in [-0.2, 0) is 0 Å². The third kappa shape index (κ3) is 4.09. The van der Waals surface area contributed by atoms with Crippen LogP contribution >= 0.6 is 0 Å². The normalized spacial score (nSPS) is 19.3. The summed E-state index contributed by atoms with van der Waals surface area (Å²) in [6.45, 7) is 2.22. The summed E-state index contributed by atoms with van der Waals surface area (Å²) < 4.78 is 28.7. The van der Waals surface area contributed by atoms with Crippen LogP contribution in [0.15, 0.2) is 72.9 Å². The quantitative estimate of drug-likeness (QED) is 0.290. The van der Waals surface area contributed by atoms with Gasteiger partial charge in [-0.15, -0.1) is 0 Å². The fourth-order valence-electron chi connectivity index (χ4n) is 5.75. The van der Waals surface area contributed by atoms with Crippen molar-refractivity contribution < 1.29 is 8.78 Å². The first-order valence-corrected chi connectivity index (χ1v) is 12.4. The minimum absolute atomic E-state index is 0.217. The second kappa shape index (κ2) is 8.88. The highest BCUT2D eigenvalue weighted by molar-refractivity contribution is 5.83. The van der Waals surface area contributed by atoms with E-state index in [4.69, 9.17) is 4.98 Å². The summed E-state index contributed by atoms with van der Waals surface area (Å²) in [7, 11) is 0. The molecule has 35 heavy (non-hydrogen) atoms. The van der Waals surface area contributed by atoms with Gasteiger partial charge in [0, 0.05) is 29.1 Å². The molecule has 1 N–H and O–H groups in total. The molecular weight excluding hydrogens is 440 g/mol. The third-order valence-corrected chi connectivity index (χ3v) is 7.76. The summed E-state index contributed by atoms with van der Waals surface area (Å²) in [6.07, 6.45) is 6.09. The first-order chi connectivity index (χ1) is 17.1. The van der Waals surface area contributed by atoms with Gasteiger partial charge in [-0.25, -0.2) is 13.8 Å². The van der Waals surface area contributed by atoms with Gasteiger partial charge in [0.25, 0.3) is 0 Å². The molecule has 0 bridgehead atoms. The van der Waals surface area contributed by atoms with Gasteiger partial charge in [0.1, 0.15) is 17.5 Å². The molecule has 3 aromatic carbocycles. The fraction of sp³-hybridized carbons (Fsp3) is 0.267. The lowest BCUT2D eigenvalue weighted by Gasteiger charge is -2.32. The summed E-state index contributed by atoms with van der Waals surface area (Å²) in [5.41, 5.74) is 5.02. The number of rotatable bonds is 4. The molecule has 1 aliphatic rings. The molecule has 5 heteroatoms. The molecule has 1 saturated carbocycles. The predicted octanol–water partition coefficient (Wildman–Crippen LogP) is 8.13. The van der Waals surface area contributed by atoms with Crippen molar-refractivity contribution in [1.82, 2.24) is 15.0 Å². The molecule has 6 rings (SSSR count). The van der Waals surface area contributed by atoms with Crippen molar-refractivity contribution in [3.8, 4) is 11.1 Å². The molecule has 0 aliphatic heterocycles. The second-order valence-corrected chi connectivity index (χ2v) is 9.80. The van der Waals surface area contributed by atoms with E-state index in [0.717, 1.165) is 59.0 Å². The Morgan fingerprint density at radius 3 is 2.49 bits per heavy atom. The van der Waals surface area contributed by atoms with Crippen molar-refractivity contribution in [3.05, 3.63) is 95.9 Å². The highest BCUT2D eigenvalue weighted by atomic mass is 19.1. The molecule has 5 aromatic rings. The Morgan fingerprint density at radius 2 is 1.69 bits per heavy atom. The van der Waals surface area contributed by atoms with E-state index in [-0.39, 0.29) is 17.6 Å². The SMILES string of the molecule is CC(c1nc2cc(-c3ccccc3)c(F)cc2[nH]1)[C@H]1CC[C@@H](c2ccnc3ccc(F)cc32)CC1. The summed E-state index contributed by atoms with van der Waals surface area (Å²) in [4.78, 5) is 12.7. The molecule has 0 radical (unpaired) electrons. The van der Waals surface area contributed by atoms with Gasteiger partial charge in [0.15, 0.2) is 0 Å². The van der Waals surface area contributed by atoms with Crippen LogP contribution in [0.2, 0.25) is 0 Å². The molecule has 1 atom stereocenters. The number of H-pyrrole nitrogens is 1. The molecule has 0 amide bonds. The van der Waals surface area contributed by atoms with Crippen molar-refractivity contribution in [3.63, 3.8) is 0 Å². The zero-order valence-electron chi connectivity index (χ0n) is 19.6. The number of halogens is 2. The van der Waals surface area contributed by atoms with E-state index in [1.165, 1.54) is 11.6 Å². The second-order valence-electron chi connectivity index (χ2n) is 9.80. The van der Waals surface area contributed by atoms with E-state index in [9.17, 15) is 8.78 Å². The average Bonchev–Trinajstić information content (AvgIpc) is 3.31. The van der Waals surface area contributed by atoms with Crippen molar-refractivity contribution in [2.24, 2.45) is 5.92 Å². The molecule has 2 aromatic heterocycles. The van der Waals surface area contributed by atoms with Crippen LogP contribution in [0.4, 0.5) is 8.78 Å². The highest BCUT2D eigenvalue weighted by Gasteiger charge is 2.29. The van der Waals surface area contributed by atoms with Crippen LogP contribution in [-0.4, -0.2) is 15.0 Å². The lowest BCUT2D eigenvalue weighted by atomic mass is 9.73. The highest BCUT2D eigenvalue weighted by Crippen LogP contribution is 2.43. The number of nitrogens with zero attached hydrogens (tertiary/aromatic N) is 2.